The number of hydrogen-bond donors (Lipinski definition) is 0. The summed E-state index contributed by atoms with van der Waals surface area (Å²) >= 11 is 1.37. The van der Waals surface area contributed by atoms with Crippen LogP contribution in [0.15, 0.2) is 33.7 Å². The quantitative estimate of drug-likeness (QED) is 0.773. The molecule has 0 aliphatic carbocycles. The van der Waals surface area contributed by atoms with E-state index in [0.717, 1.165) is 6.42 Å². The van der Waals surface area contributed by atoms with Gasteiger partial charge in [0.25, 0.3) is 0 Å². The summed E-state index contributed by atoms with van der Waals surface area (Å²) in [4.78, 5) is 4.88. The van der Waals surface area contributed by atoms with Gasteiger partial charge in [0.1, 0.15) is 5.82 Å². The molecule has 0 fully saturated rings. The number of thioether (sulfide) groups is 1. The average molecular weight is 266 g/mol. The third-order valence-electron chi connectivity index (χ3n) is 2.29. The minimum atomic E-state index is -0.214. The first-order valence-corrected chi connectivity index (χ1v) is 6.82. The van der Waals surface area contributed by atoms with Crippen molar-refractivity contribution in [1.29, 1.82) is 0 Å². The largest absolute Gasteiger partial charge is 0.339 e. The highest BCUT2D eigenvalue weighted by Crippen LogP contribution is 2.24. The van der Waals surface area contributed by atoms with Crippen molar-refractivity contribution in [3.05, 3.63) is 41.8 Å². The van der Waals surface area contributed by atoms with E-state index in [4.69, 9.17) is 4.52 Å². The molecule has 0 saturated carbocycles. The molecule has 1 aromatic heterocycles. The summed E-state index contributed by atoms with van der Waals surface area (Å²) in [7, 11) is 0. The van der Waals surface area contributed by atoms with E-state index in [1.54, 1.807) is 12.1 Å². The number of hydrogen-bond acceptors (Lipinski definition) is 4. The highest BCUT2D eigenvalue weighted by Gasteiger charge is 2.09. The Morgan fingerprint density at radius 3 is 2.83 bits per heavy atom. The average Bonchev–Trinajstić information content (AvgIpc) is 2.75. The lowest BCUT2D eigenvalue weighted by Crippen LogP contribution is -1.94. The Labute approximate surface area is 110 Å². The van der Waals surface area contributed by atoms with E-state index in [-0.39, 0.29) is 5.82 Å². The second kappa shape index (κ2) is 6.00. The van der Waals surface area contributed by atoms with E-state index in [0.29, 0.717) is 28.3 Å². The zero-order valence-electron chi connectivity index (χ0n) is 10.4. The van der Waals surface area contributed by atoms with Crippen molar-refractivity contribution in [3.63, 3.8) is 0 Å². The fourth-order valence-electron chi connectivity index (χ4n) is 1.49. The van der Waals surface area contributed by atoms with Crippen LogP contribution in [-0.4, -0.2) is 10.1 Å². The molecule has 0 radical (unpaired) electrons. The summed E-state index contributed by atoms with van der Waals surface area (Å²) < 4.78 is 18.5. The maximum Gasteiger partial charge on any atom is 0.226 e. The smallest absolute Gasteiger partial charge is 0.226 e. The molecule has 1 aromatic carbocycles. The van der Waals surface area contributed by atoms with Crippen molar-refractivity contribution < 1.29 is 8.91 Å². The van der Waals surface area contributed by atoms with Gasteiger partial charge in [-0.25, -0.2) is 4.39 Å². The zero-order chi connectivity index (χ0) is 13.0. The summed E-state index contributed by atoms with van der Waals surface area (Å²) in [6, 6.07) is 6.68. The first kappa shape index (κ1) is 13.1. The number of aromatic nitrogens is 2. The van der Waals surface area contributed by atoms with E-state index in [1.165, 1.54) is 17.8 Å². The number of rotatable bonds is 5. The van der Waals surface area contributed by atoms with Crippen LogP contribution in [0, 0.1) is 11.7 Å². The maximum atomic E-state index is 13.4. The van der Waals surface area contributed by atoms with Crippen LogP contribution in [0.3, 0.4) is 0 Å². The molecule has 0 aliphatic heterocycles. The molecule has 0 spiro atoms. The van der Waals surface area contributed by atoms with Gasteiger partial charge in [-0.05, 0) is 18.1 Å². The molecule has 0 bridgehead atoms. The summed E-state index contributed by atoms with van der Waals surface area (Å²) in [5.74, 6) is 2.04. The van der Waals surface area contributed by atoms with Crippen LogP contribution in [0.4, 0.5) is 4.39 Å². The molecular formula is C13H15FN2OS. The van der Waals surface area contributed by atoms with Crippen molar-refractivity contribution in [2.24, 2.45) is 5.92 Å². The normalized spacial score (nSPS) is 11.1. The van der Waals surface area contributed by atoms with E-state index in [9.17, 15) is 4.39 Å². The molecule has 0 aliphatic rings. The van der Waals surface area contributed by atoms with Gasteiger partial charge in [0.2, 0.25) is 5.89 Å². The van der Waals surface area contributed by atoms with Gasteiger partial charge in [-0.3, -0.25) is 0 Å². The van der Waals surface area contributed by atoms with Crippen LogP contribution in [0.25, 0.3) is 0 Å². The van der Waals surface area contributed by atoms with Gasteiger partial charge < -0.3 is 4.52 Å². The number of nitrogens with zero attached hydrogens (tertiary/aromatic N) is 2. The van der Waals surface area contributed by atoms with Crippen LogP contribution in [0.5, 0.6) is 0 Å². The fraction of sp³-hybridized carbons (Fsp3) is 0.385. The Hall–Kier alpha value is -1.36. The molecule has 2 aromatic rings. The van der Waals surface area contributed by atoms with Gasteiger partial charge in [0.15, 0.2) is 5.82 Å². The molecule has 0 unspecified atom stereocenters. The van der Waals surface area contributed by atoms with Gasteiger partial charge in [-0.2, -0.15) is 4.98 Å². The minimum Gasteiger partial charge on any atom is -0.339 e. The lowest BCUT2D eigenvalue weighted by molar-refractivity contribution is 0.360. The molecule has 18 heavy (non-hydrogen) atoms. The molecular weight excluding hydrogens is 251 g/mol. The molecule has 5 heteroatoms. The van der Waals surface area contributed by atoms with Crippen LogP contribution >= 0.6 is 11.8 Å². The predicted molar refractivity (Wildman–Crippen MR) is 68.8 cm³/mol. The summed E-state index contributed by atoms with van der Waals surface area (Å²) in [5.41, 5.74) is 0. The zero-order valence-corrected chi connectivity index (χ0v) is 11.2. The summed E-state index contributed by atoms with van der Waals surface area (Å²) in [6.45, 7) is 4.19. The van der Waals surface area contributed by atoms with Crippen molar-refractivity contribution in [2.45, 2.75) is 30.9 Å². The molecule has 0 N–H and O–H groups in total. The van der Waals surface area contributed by atoms with Crippen LogP contribution in [0.2, 0.25) is 0 Å². The van der Waals surface area contributed by atoms with Crippen LogP contribution in [-0.2, 0) is 12.2 Å². The highest BCUT2D eigenvalue weighted by molar-refractivity contribution is 7.98. The Morgan fingerprint density at radius 1 is 1.33 bits per heavy atom. The van der Waals surface area contributed by atoms with Gasteiger partial charge in [-0.15, -0.1) is 11.8 Å². The van der Waals surface area contributed by atoms with Crippen LogP contribution in [0.1, 0.15) is 25.6 Å². The highest BCUT2D eigenvalue weighted by atomic mass is 32.2. The SMILES string of the molecule is CC(C)Cc1nc(CSc2ccccc2F)no1. The molecule has 0 amide bonds. The lowest BCUT2D eigenvalue weighted by Gasteiger charge is -1.99. The Balaban J connectivity index is 1.94. The third-order valence-corrected chi connectivity index (χ3v) is 3.33. The Morgan fingerprint density at radius 2 is 2.11 bits per heavy atom. The minimum absolute atomic E-state index is 0.214. The van der Waals surface area contributed by atoms with Gasteiger partial charge in [0.05, 0.1) is 5.75 Å². The maximum absolute atomic E-state index is 13.4. The number of benzene rings is 1. The molecule has 96 valence electrons. The topological polar surface area (TPSA) is 38.9 Å². The lowest BCUT2D eigenvalue weighted by atomic mass is 10.1. The molecule has 0 atom stereocenters. The second-order valence-electron chi connectivity index (χ2n) is 4.42. The molecule has 2 rings (SSSR count). The predicted octanol–water partition coefficient (Wildman–Crippen LogP) is 3.70. The monoisotopic (exact) mass is 266 g/mol. The molecule has 1 heterocycles. The van der Waals surface area contributed by atoms with E-state index in [2.05, 4.69) is 24.0 Å². The van der Waals surface area contributed by atoms with E-state index < -0.39 is 0 Å². The first-order chi connectivity index (χ1) is 8.65. The van der Waals surface area contributed by atoms with Crippen molar-refractivity contribution in [2.75, 3.05) is 0 Å². The number of halogens is 1. The van der Waals surface area contributed by atoms with Gasteiger partial charge in [-0.1, -0.05) is 31.1 Å². The van der Waals surface area contributed by atoms with Crippen molar-refractivity contribution >= 4 is 11.8 Å². The van der Waals surface area contributed by atoms with Crippen LogP contribution < -0.4 is 0 Å². The van der Waals surface area contributed by atoms with Crippen molar-refractivity contribution in [3.8, 4) is 0 Å². The Bertz CT molecular complexity index is 513. The standard InChI is InChI=1S/C13H15FN2OS/c1-9(2)7-13-15-12(16-17-13)8-18-11-6-4-3-5-10(11)14/h3-6,9H,7-8H2,1-2H3. The summed E-state index contributed by atoms with van der Waals surface area (Å²) in [5, 5.41) is 3.88. The van der Waals surface area contributed by atoms with E-state index in [1.807, 2.05) is 6.07 Å². The molecule has 3 nitrogen and oxygen atoms in total. The van der Waals surface area contributed by atoms with Gasteiger partial charge >= 0.3 is 0 Å². The second-order valence-corrected chi connectivity index (χ2v) is 5.44. The first-order valence-electron chi connectivity index (χ1n) is 5.84. The molecule has 0 saturated heterocycles. The Kier molecular flexibility index (Phi) is 4.36. The summed E-state index contributed by atoms with van der Waals surface area (Å²) in [6.07, 6.45) is 0.775. The van der Waals surface area contributed by atoms with E-state index >= 15 is 0 Å². The third kappa shape index (κ3) is 3.57. The van der Waals surface area contributed by atoms with Crippen molar-refractivity contribution in [1.82, 2.24) is 10.1 Å². The van der Waals surface area contributed by atoms with Gasteiger partial charge in [0, 0.05) is 11.3 Å². The fourth-order valence-corrected chi connectivity index (χ4v) is 2.27.